The predicted octanol–water partition coefficient (Wildman–Crippen LogP) is 1.95. The number of aliphatic imine (C=N–C) groups is 1. The van der Waals surface area contributed by atoms with Crippen LogP contribution in [0.5, 0.6) is 0 Å². The van der Waals surface area contributed by atoms with Crippen LogP contribution >= 0.6 is 11.6 Å². The lowest BCUT2D eigenvalue weighted by molar-refractivity contribution is 0.378. The highest BCUT2D eigenvalue weighted by atomic mass is 35.5. The fourth-order valence-corrected chi connectivity index (χ4v) is 2.74. The monoisotopic (exact) mass is 402 g/mol. The van der Waals surface area contributed by atoms with Gasteiger partial charge in [0.2, 0.25) is 11.7 Å². The molecule has 0 aliphatic rings. The van der Waals surface area contributed by atoms with Gasteiger partial charge in [-0.05, 0) is 24.3 Å². The van der Waals surface area contributed by atoms with Gasteiger partial charge in [0.25, 0.3) is 0 Å². The van der Waals surface area contributed by atoms with E-state index in [-0.39, 0.29) is 0 Å². The molecule has 2 heterocycles. The first-order valence-electron chi connectivity index (χ1n) is 9.09. The van der Waals surface area contributed by atoms with Crippen molar-refractivity contribution in [1.82, 2.24) is 35.5 Å². The zero-order chi connectivity index (χ0) is 19.8. The number of aromatic nitrogens is 5. The lowest BCUT2D eigenvalue weighted by Gasteiger charge is -2.11. The normalized spacial score (nSPS) is 11.6. The van der Waals surface area contributed by atoms with Gasteiger partial charge in [-0.2, -0.15) is 4.98 Å². The molecule has 9 nitrogen and oxygen atoms in total. The smallest absolute Gasteiger partial charge is 0.228 e. The first-order valence-corrected chi connectivity index (χ1v) is 9.47. The number of hydrogen-bond acceptors (Lipinski definition) is 6. The van der Waals surface area contributed by atoms with Crippen molar-refractivity contribution in [2.24, 2.45) is 4.99 Å². The number of benzene rings is 1. The van der Waals surface area contributed by atoms with Crippen molar-refractivity contribution >= 4 is 17.6 Å². The van der Waals surface area contributed by atoms with E-state index in [2.05, 4.69) is 42.9 Å². The van der Waals surface area contributed by atoms with Crippen molar-refractivity contribution in [2.75, 3.05) is 20.1 Å². The number of halogens is 1. The summed E-state index contributed by atoms with van der Waals surface area (Å²) >= 11 is 5.90. The Bertz CT molecular complexity index is 902. The lowest BCUT2D eigenvalue weighted by Crippen LogP contribution is -2.39. The van der Waals surface area contributed by atoms with Crippen LogP contribution in [0, 0.1) is 0 Å². The summed E-state index contributed by atoms with van der Waals surface area (Å²) in [7, 11) is 1.73. The molecule has 10 heteroatoms. The summed E-state index contributed by atoms with van der Waals surface area (Å²) in [6.07, 6.45) is 3.19. The molecule has 2 N–H and O–H groups in total. The van der Waals surface area contributed by atoms with Crippen molar-refractivity contribution in [2.45, 2.75) is 26.3 Å². The number of rotatable bonds is 8. The second kappa shape index (κ2) is 9.84. The Morgan fingerprint density at radius 2 is 2.00 bits per heavy atom. The van der Waals surface area contributed by atoms with E-state index in [1.807, 2.05) is 16.7 Å². The Morgan fingerprint density at radius 3 is 2.75 bits per heavy atom. The van der Waals surface area contributed by atoms with E-state index in [1.54, 1.807) is 25.5 Å². The molecule has 3 aromatic rings. The van der Waals surface area contributed by atoms with Gasteiger partial charge in [-0.3, -0.25) is 4.99 Å². The molecule has 0 aliphatic heterocycles. The van der Waals surface area contributed by atoms with Crippen LogP contribution in [0.4, 0.5) is 0 Å². The number of guanidine groups is 1. The summed E-state index contributed by atoms with van der Waals surface area (Å²) in [6.45, 7) is 4.16. The molecule has 3 rings (SSSR count). The lowest BCUT2D eigenvalue weighted by atomic mass is 10.2. The highest BCUT2D eigenvalue weighted by Gasteiger charge is 2.09. The number of nitrogens with one attached hydrogen (secondary N) is 2. The van der Waals surface area contributed by atoms with Gasteiger partial charge in [-0.1, -0.05) is 23.7 Å². The molecule has 0 saturated carbocycles. The Balaban J connectivity index is 1.43. The minimum absolute atomic E-state index is 0.551. The molecule has 1 aromatic carbocycles. The fourth-order valence-electron chi connectivity index (χ4n) is 2.62. The third-order valence-corrected chi connectivity index (χ3v) is 4.33. The quantitative estimate of drug-likeness (QED) is 0.438. The summed E-state index contributed by atoms with van der Waals surface area (Å²) in [4.78, 5) is 8.63. The molecular formula is C18H23ClN8O. The van der Waals surface area contributed by atoms with Crippen LogP contribution in [0.2, 0.25) is 5.02 Å². The summed E-state index contributed by atoms with van der Waals surface area (Å²) < 4.78 is 7.33. The van der Waals surface area contributed by atoms with Crippen LogP contribution < -0.4 is 10.6 Å². The second-order valence-electron chi connectivity index (χ2n) is 5.99. The van der Waals surface area contributed by atoms with Crippen LogP contribution in [0.25, 0.3) is 11.4 Å². The van der Waals surface area contributed by atoms with Gasteiger partial charge in [-0.25, -0.2) is 0 Å². The maximum atomic E-state index is 5.90. The summed E-state index contributed by atoms with van der Waals surface area (Å²) in [6, 6.07) is 7.32. The van der Waals surface area contributed by atoms with Crippen LogP contribution in [-0.2, 0) is 19.4 Å². The van der Waals surface area contributed by atoms with Crippen molar-refractivity contribution < 1.29 is 4.52 Å². The molecule has 148 valence electrons. The van der Waals surface area contributed by atoms with E-state index in [4.69, 9.17) is 16.1 Å². The average molecular weight is 403 g/mol. The van der Waals surface area contributed by atoms with Gasteiger partial charge in [0.05, 0.1) is 0 Å². The second-order valence-corrected chi connectivity index (χ2v) is 6.42. The summed E-state index contributed by atoms with van der Waals surface area (Å²) in [5, 5.41) is 19.2. The van der Waals surface area contributed by atoms with E-state index in [1.165, 1.54) is 0 Å². The van der Waals surface area contributed by atoms with Crippen LogP contribution in [-0.4, -0.2) is 51.0 Å². The topological polar surface area (TPSA) is 106 Å². The maximum absolute atomic E-state index is 5.90. The molecule has 0 unspecified atom stereocenters. The molecular weight excluding hydrogens is 380 g/mol. The molecule has 0 aliphatic carbocycles. The Kier molecular flexibility index (Phi) is 6.96. The molecule has 0 saturated heterocycles. The average Bonchev–Trinajstić information content (AvgIpc) is 3.36. The highest BCUT2D eigenvalue weighted by Crippen LogP contribution is 2.18. The molecule has 0 bridgehead atoms. The van der Waals surface area contributed by atoms with Gasteiger partial charge >= 0.3 is 0 Å². The van der Waals surface area contributed by atoms with Crippen molar-refractivity contribution in [3.05, 3.63) is 47.3 Å². The Morgan fingerprint density at radius 1 is 1.21 bits per heavy atom. The van der Waals surface area contributed by atoms with Crippen LogP contribution in [0.3, 0.4) is 0 Å². The maximum Gasteiger partial charge on any atom is 0.228 e. The summed E-state index contributed by atoms with van der Waals surface area (Å²) in [5.41, 5.74) is 0.866. The fraction of sp³-hybridized carbons (Fsp3) is 0.389. The zero-order valence-corrected chi connectivity index (χ0v) is 16.6. The van der Waals surface area contributed by atoms with Crippen LogP contribution in [0.1, 0.15) is 18.6 Å². The SMILES string of the molecule is CCc1nncn1CCNC(=NC)NCCc1nc(-c2ccc(Cl)cc2)no1. The van der Waals surface area contributed by atoms with Gasteiger partial charge in [-0.15, -0.1) is 10.2 Å². The molecule has 0 amide bonds. The van der Waals surface area contributed by atoms with E-state index in [0.29, 0.717) is 42.2 Å². The first-order chi connectivity index (χ1) is 13.7. The molecule has 0 radical (unpaired) electrons. The van der Waals surface area contributed by atoms with E-state index >= 15 is 0 Å². The molecule has 28 heavy (non-hydrogen) atoms. The molecule has 0 spiro atoms. The standard InChI is InChI=1S/C18H23ClN8O/c1-3-15-25-23-12-27(15)11-10-22-18(20-2)21-9-8-16-24-17(26-28-16)13-4-6-14(19)7-5-13/h4-7,12H,3,8-11H2,1-2H3,(H2,20,21,22). The molecule has 0 fully saturated rings. The third kappa shape index (κ3) is 5.29. The van der Waals surface area contributed by atoms with Crippen molar-refractivity contribution in [3.8, 4) is 11.4 Å². The summed E-state index contributed by atoms with van der Waals surface area (Å²) in [5.74, 6) is 2.79. The van der Waals surface area contributed by atoms with E-state index < -0.39 is 0 Å². The Labute approximate surface area is 168 Å². The zero-order valence-electron chi connectivity index (χ0n) is 15.9. The van der Waals surface area contributed by atoms with Crippen LogP contribution in [0.15, 0.2) is 40.1 Å². The molecule has 0 atom stereocenters. The van der Waals surface area contributed by atoms with Gasteiger partial charge in [0.1, 0.15) is 12.2 Å². The number of nitrogens with zero attached hydrogens (tertiary/aromatic N) is 6. The minimum Gasteiger partial charge on any atom is -0.356 e. The predicted molar refractivity (Wildman–Crippen MR) is 107 cm³/mol. The Hall–Kier alpha value is -2.94. The molecule has 2 aromatic heterocycles. The first kappa shape index (κ1) is 19.8. The highest BCUT2D eigenvalue weighted by molar-refractivity contribution is 6.30. The van der Waals surface area contributed by atoms with E-state index in [0.717, 1.165) is 24.4 Å². The largest absolute Gasteiger partial charge is 0.356 e. The third-order valence-electron chi connectivity index (χ3n) is 4.08. The van der Waals surface area contributed by atoms with Gasteiger partial charge in [0, 0.05) is 50.1 Å². The van der Waals surface area contributed by atoms with Crippen molar-refractivity contribution in [3.63, 3.8) is 0 Å². The van der Waals surface area contributed by atoms with Gasteiger partial charge < -0.3 is 19.7 Å². The van der Waals surface area contributed by atoms with Crippen molar-refractivity contribution in [1.29, 1.82) is 0 Å². The number of aryl methyl sites for hydroxylation is 1. The minimum atomic E-state index is 0.551. The van der Waals surface area contributed by atoms with E-state index in [9.17, 15) is 0 Å². The number of hydrogen-bond donors (Lipinski definition) is 2. The van der Waals surface area contributed by atoms with Gasteiger partial charge in [0.15, 0.2) is 5.96 Å².